The number of piperazine rings is 1. The minimum Gasteiger partial charge on any atom is -0.294 e. The van der Waals surface area contributed by atoms with Crippen LogP contribution in [0.1, 0.15) is 22.5 Å². The Bertz CT molecular complexity index is 421. The van der Waals surface area contributed by atoms with Crippen LogP contribution in [0.4, 0.5) is 0 Å². The van der Waals surface area contributed by atoms with Crippen molar-refractivity contribution in [3.05, 3.63) is 15.6 Å². The Morgan fingerprint density at radius 1 is 1.33 bits per heavy atom. The van der Waals surface area contributed by atoms with Crippen molar-refractivity contribution in [1.29, 1.82) is 5.26 Å². The van der Waals surface area contributed by atoms with Gasteiger partial charge < -0.3 is 0 Å². The molecule has 0 radical (unpaired) electrons. The lowest BCUT2D eigenvalue weighted by Crippen LogP contribution is -2.48. The van der Waals surface area contributed by atoms with E-state index in [1.54, 1.807) is 11.3 Å². The maximum absolute atomic E-state index is 8.91. The van der Waals surface area contributed by atoms with E-state index >= 15 is 0 Å². The lowest BCUT2D eigenvalue weighted by molar-refractivity contribution is 0.114. The van der Waals surface area contributed by atoms with E-state index in [0.29, 0.717) is 0 Å². The molecule has 1 aliphatic rings. The van der Waals surface area contributed by atoms with E-state index in [4.69, 9.17) is 5.26 Å². The molecule has 1 aromatic heterocycles. The normalized spacial score (nSPS) is 19.7. The first-order chi connectivity index (χ1) is 8.60. The van der Waals surface area contributed by atoms with Crippen LogP contribution < -0.4 is 0 Å². The first-order valence-corrected chi connectivity index (χ1v) is 7.20. The summed E-state index contributed by atoms with van der Waals surface area (Å²) in [5.41, 5.74) is 1.16. The minimum absolute atomic E-state index is 0.0384. The standard InChI is InChI=1S/C13H20N4S/c1-10(8-14)17-6-4-16(5-7-17)9-13-15-11(2)12(3)18-13/h10H,4-7,9H2,1-3H3. The molecule has 0 saturated carbocycles. The van der Waals surface area contributed by atoms with Gasteiger partial charge in [-0.05, 0) is 20.8 Å². The van der Waals surface area contributed by atoms with Gasteiger partial charge >= 0.3 is 0 Å². The van der Waals surface area contributed by atoms with Crippen molar-refractivity contribution in [2.24, 2.45) is 0 Å². The molecule has 98 valence electrons. The number of aryl methyl sites for hydroxylation is 2. The summed E-state index contributed by atoms with van der Waals surface area (Å²) in [5.74, 6) is 0. The van der Waals surface area contributed by atoms with Gasteiger partial charge in [0.15, 0.2) is 0 Å². The summed E-state index contributed by atoms with van der Waals surface area (Å²) >= 11 is 1.80. The zero-order chi connectivity index (χ0) is 13.1. The van der Waals surface area contributed by atoms with Gasteiger partial charge in [0.25, 0.3) is 0 Å². The number of nitrogens with zero attached hydrogens (tertiary/aromatic N) is 4. The molecule has 0 N–H and O–H groups in total. The summed E-state index contributed by atoms with van der Waals surface area (Å²) < 4.78 is 0. The SMILES string of the molecule is Cc1nc(CN2CCN(C(C)C#N)CC2)sc1C. The summed E-state index contributed by atoms with van der Waals surface area (Å²) in [6.45, 7) is 11.2. The molecule has 0 amide bonds. The Balaban J connectivity index is 1.85. The molecule has 0 bridgehead atoms. The predicted molar refractivity (Wildman–Crippen MR) is 73.5 cm³/mol. The van der Waals surface area contributed by atoms with Gasteiger partial charge in [-0.3, -0.25) is 9.80 Å². The van der Waals surface area contributed by atoms with E-state index in [1.165, 1.54) is 9.88 Å². The van der Waals surface area contributed by atoms with Crippen molar-refractivity contribution in [3.63, 3.8) is 0 Å². The van der Waals surface area contributed by atoms with Gasteiger partial charge in [0.1, 0.15) is 5.01 Å². The van der Waals surface area contributed by atoms with Crippen LogP contribution in [0.5, 0.6) is 0 Å². The van der Waals surface area contributed by atoms with Gasteiger partial charge in [-0.2, -0.15) is 5.26 Å². The lowest BCUT2D eigenvalue weighted by Gasteiger charge is -2.35. The fourth-order valence-electron chi connectivity index (χ4n) is 2.19. The second-order valence-electron chi connectivity index (χ2n) is 4.87. The third-order valence-corrected chi connectivity index (χ3v) is 4.63. The monoisotopic (exact) mass is 264 g/mol. The number of rotatable bonds is 3. The summed E-state index contributed by atoms with van der Waals surface area (Å²) in [4.78, 5) is 10.6. The van der Waals surface area contributed by atoms with E-state index in [2.05, 4.69) is 34.7 Å². The highest BCUT2D eigenvalue weighted by Crippen LogP contribution is 2.19. The predicted octanol–water partition coefficient (Wildman–Crippen LogP) is 1.79. The Morgan fingerprint density at radius 3 is 2.50 bits per heavy atom. The highest BCUT2D eigenvalue weighted by Gasteiger charge is 2.21. The van der Waals surface area contributed by atoms with Crippen LogP contribution in [0.3, 0.4) is 0 Å². The van der Waals surface area contributed by atoms with E-state index < -0.39 is 0 Å². The van der Waals surface area contributed by atoms with Gasteiger partial charge in [-0.1, -0.05) is 0 Å². The topological polar surface area (TPSA) is 43.2 Å². The molecular formula is C13H20N4S. The van der Waals surface area contributed by atoms with Crippen LogP contribution in [0.25, 0.3) is 0 Å². The first-order valence-electron chi connectivity index (χ1n) is 6.39. The smallest absolute Gasteiger partial charge is 0.107 e. The number of thiazole rings is 1. The number of hydrogen-bond donors (Lipinski definition) is 0. The van der Waals surface area contributed by atoms with Crippen molar-refractivity contribution in [3.8, 4) is 6.07 Å². The van der Waals surface area contributed by atoms with Crippen molar-refractivity contribution in [2.75, 3.05) is 26.2 Å². The van der Waals surface area contributed by atoms with Gasteiger partial charge in [0.05, 0.1) is 24.3 Å². The van der Waals surface area contributed by atoms with Gasteiger partial charge in [-0.15, -0.1) is 11.3 Å². The summed E-state index contributed by atoms with van der Waals surface area (Å²) in [7, 11) is 0. The summed E-state index contributed by atoms with van der Waals surface area (Å²) in [5, 5.41) is 10.1. The van der Waals surface area contributed by atoms with E-state index in [1.807, 2.05) is 6.92 Å². The van der Waals surface area contributed by atoms with Crippen LogP contribution in [-0.2, 0) is 6.54 Å². The van der Waals surface area contributed by atoms with Crippen molar-refractivity contribution >= 4 is 11.3 Å². The molecular weight excluding hydrogens is 244 g/mol. The van der Waals surface area contributed by atoms with Gasteiger partial charge in [-0.25, -0.2) is 4.98 Å². The zero-order valence-corrected chi connectivity index (χ0v) is 12.1. The minimum atomic E-state index is 0.0384. The van der Waals surface area contributed by atoms with Crippen LogP contribution in [-0.4, -0.2) is 47.0 Å². The third kappa shape index (κ3) is 3.08. The maximum atomic E-state index is 8.91. The molecule has 2 heterocycles. The van der Waals surface area contributed by atoms with Gasteiger partial charge in [0, 0.05) is 31.1 Å². The third-order valence-electron chi connectivity index (χ3n) is 3.57. The van der Waals surface area contributed by atoms with Crippen molar-refractivity contribution in [2.45, 2.75) is 33.4 Å². The second-order valence-corrected chi connectivity index (χ2v) is 6.15. The fourth-order valence-corrected chi connectivity index (χ4v) is 3.16. The Labute approximate surface area is 113 Å². The quantitative estimate of drug-likeness (QED) is 0.835. The van der Waals surface area contributed by atoms with Crippen molar-refractivity contribution in [1.82, 2.24) is 14.8 Å². The van der Waals surface area contributed by atoms with Crippen LogP contribution in [0.2, 0.25) is 0 Å². The Morgan fingerprint density at radius 2 is 2.00 bits per heavy atom. The molecule has 5 heteroatoms. The fraction of sp³-hybridized carbons (Fsp3) is 0.692. The second kappa shape index (κ2) is 5.79. The van der Waals surface area contributed by atoms with Crippen LogP contribution in [0, 0.1) is 25.2 Å². The van der Waals surface area contributed by atoms with Gasteiger partial charge in [0.2, 0.25) is 0 Å². The van der Waals surface area contributed by atoms with Crippen LogP contribution >= 0.6 is 11.3 Å². The number of hydrogen-bond acceptors (Lipinski definition) is 5. The molecule has 1 saturated heterocycles. The van der Waals surface area contributed by atoms with Crippen molar-refractivity contribution < 1.29 is 0 Å². The zero-order valence-electron chi connectivity index (χ0n) is 11.3. The molecule has 1 fully saturated rings. The van der Waals surface area contributed by atoms with E-state index in [9.17, 15) is 0 Å². The molecule has 2 rings (SSSR count). The highest BCUT2D eigenvalue weighted by atomic mass is 32.1. The first kappa shape index (κ1) is 13.5. The molecule has 0 aromatic carbocycles. The number of aromatic nitrogens is 1. The highest BCUT2D eigenvalue weighted by molar-refractivity contribution is 7.11. The molecule has 4 nitrogen and oxygen atoms in total. The maximum Gasteiger partial charge on any atom is 0.107 e. The largest absolute Gasteiger partial charge is 0.294 e. The molecule has 1 atom stereocenters. The molecule has 1 unspecified atom stereocenters. The molecule has 1 aromatic rings. The summed E-state index contributed by atoms with van der Waals surface area (Å²) in [6.07, 6.45) is 0. The van der Waals surface area contributed by atoms with E-state index in [0.717, 1.165) is 38.4 Å². The lowest BCUT2D eigenvalue weighted by atomic mass is 10.2. The molecule has 0 spiro atoms. The number of nitriles is 1. The van der Waals surface area contributed by atoms with E-state index in [-0.39, 0.29) is 6.04 Å². The molecule has 1 aliphatic heterocycles. The van der Waals surface area contributed by atoms with Crippen LogP contribution in [0.15, 0.2) is 0 Å². The Kier molecular flexibility index (Phi) is 4.33. The molecule has 18 heavy (non-hydrogen) atoms. The summed E-state index contributed by atoms with van der Waals surface area (Å²) in [6, 6.07) is 2.35. The average Bonchev–Trinajstić information content (AvgIpc) is 2.68. The Hall–Kier alpha value is -0.960. The average molecular weight is 264 g/mol. The molecule has 0 aliphatic carbocycles.